The zero-order valence-electron chi connectivity index (χ0n) is 12.8. The highest BCUT2D eigenvalue weighted by Gasteiger charge is 2.25. The van der Waals surface area contributed by atoms with Gasteiger partial charge in [-0.1, -0.05) is 0 Å². The quantitative estimate of drug-likeness (QED) is 0.791. The van der Waals surface area contributed by atoms with E-state index in [1.807, 2.05) is 26.1 Å². The highest BCUT2D eigenvalue weighted by molar-refractivity contribution is 6.01. The topological polar surface area (TPSA) is 62.4 Å². The highest BCUT2D eigenvalue weighted by Crippen LogP contribution is 2.33. The standard InChI is InChI=1S/C17H23N3O/c1-12-10-13-14(11-19-12)15(18)4-5-16(13)20-8-3-6-17(2,21)7-9-20/h4-5,10-11,21H,3,6-9,18H2,1-2H3. The number of nitrogen functional groups attached to an aromatic ring is 1. The van der Waals surface area contributed by atoms with E-state index >= 15 is 0 Å². The smallest absolute Gasteiger partial charge is 0.0637 e. The van der Waals surface area contributed by atoms with Gasteiger partial charge in [0.25, 0.3) is 0 Å². The maximum absolute atomic E-state index is 10.3. The first-order valence-electron chi connectivity index (χ1n) is 7.58. The second-order valence-corrected chi connectivity index (χ2v) is 6.38. The minimum Gasteiger partial charge on any atom is -0.398 e. The van der Waals surface area contributed by atoms with E-state index in [4.69, 9.17) is 5.73 Å². The van der Waals surface area contributed by atoms with E-state index in [9.17, 15) is 5.11 Å². The monoisotopic (exact) mass is 285 g/mol. The number of rotatable bonds is 1. The molecule has 1 aliphatic heterocycles. The number of nitrogens with zero attached hydrogens (tertiary/aromatic N) is 2. The number of hydrogen-bond donors (Lipinski definition) is 2. The average Bonchev–Trinajstić information content (AvgIpc) is 2.60. The summed E-state index contributed by atoms with van der Waals surface area (Å²) < 4.78 is 0. The van der Waals surface area contributed by atoms with Crippen LogP contribution in [0.5, 0.6) is 0 Å². The van der Waals surface area contributed by atoms with Gasteiger partial charge in [0, 0.05) is 47.1 Å². The number of fused-ring (bicyclic) bond motifs is 1. The number of benzene rings is 1. The molecule has 4 nitrogen and oxygen atoms in total. The fourth-order valence-corrected chi connectivity index (χ4v) is 3.13. The van der Waals surface area contributed by atoms with E-state index in [0.29, 0.717) is 0 Å². The number of nitrogens with two attached hydrogens (primary N) is 1. The minimum absolute atomic E-state index is 0.546. The van der Waals surface area contributed by atoms with Gasteiger partial charge in [-0.25, -0.2) is 0 Å². The van der Waals surface area contributed by atoms with Crippen LogP contribution in [0.4, 0.5) is 11.4 Å². The van der Waals surface area contributed by atoms with E-state index in [0.717, 1.165) is 54.5 Å². The number of aromatic nitrogens is 1. The summed E-state index contributed by atoms with van der Waals surface area (Å²) in [6, 6.07) is 6.15. The molecule has 4 heteroatoms. The molecule has 0 aliphatic carbocycles. The fourth-order valence-electron chi connectivity index (χ4n) is 3.13. The summed E-state index contributed by atoms with van der Waals surface area (Å²) >= 11 is 0. The number of aliphatic hydroxyl groups is 1. The van der Waals surface area contributed by atoms with Crippen LogP contribution in [-0.4, -0.2) is 28.8 Å². The maximum atomic E-state index is 10.3. The lowest BCUT2D eigenvalue weighted by Gasteiger charge is -2.26. The molecule has 1 aliphatic rings. The van der Waals surface area contributed by atoms with Gasteiger partial charge in [0.2, 0.25) is 0 Å². The number of anilines is 2. The van der Waals surface area contributed by atoms with Crippen molar-refractivity contribution < 1.29 is 5.11 Å². The van der Waals surface area contributed by atoms with Crippen LogP contribution in [0.15, 0.2) is 24.4 Å². The average molecular weight is 285 g/mol. The van der Waals surface area contributed by atoms with Crippen LogP contribution >= 0.6 is 0 Å². The van der Waals surface area contributed by atoms with Crippen molar-refractivity contribution >= 4 is 22.1 Å². The Balaban J connectivity index is 2.04. The van der Waals surface area contributed by atoms with Crippen molar-refractivity contribution in [3.63, 3.8) is 0 Å². The molecular weight excluding hydrogens is 262 g/mol. The van der Waals surface area contributed by atoms with Gasteiger partial charge in [0.1, 0.15) is 0 Å². The summed E-state index contributed by atoms with van der Waals surface area (Å²) in [5.74, 6) is 0. The Morgan fingerprint density at radius 2 is 2.05 bits per heavy atom. The predicted molar refractivity (Wildman–Crippen MR) is 87.6 cm³/mol. The molecule has 112 valence electrons. The van der Waals surface area contributed by atoms with E-state index in [1.54, 1.807) is 0 Å². The molecule has 0 spiro atoms. The van der Waals surface area contributed by atoms with Crippen molar-refractivity contribution in [2.45, 2.75) is 38.7 Å². The molecule has 1 fully saturated rings. The van der Waals surface area contributed by atoms with E-state index in [-0.39, 0.29) is 0 Å². The zero-order valence-corrected chi connectivity index (χ0v) is 12.8. The molecule has 1 saturated heterocycles. The van der Waals surface area contributed by atoms with E-state index in [2.05, 4.69) is 22.0 Å². The Hall–Kier alpha value is -1.81. The second-order valence-electron chi connectivity index (χ2n) is 6.38. The van der Waals surface area contributed by atoms with Crippen LogP contribution in [0.2, 0.25) is 0 Å². The molecule has 0 bridgehead atoms. The Bertz CT molecular complexity index is 666. The van der Waals surface area contributed by atoms with Gasteiger partial charge < -0.3 is 15.7 Å². The van der Waals surface area contributed by atoms with Crippen molar-refractivity contribution in [3.8, 4) is 0 Å². The lowest BCUT2D eigenvalue weighted by Crippen LogP contribution is -2.28. The van der Waals surface area contributed by atoms with Crippen LogP contribution in [0.1, 0.15) is 31.9 Å². The van der Waals surface area contributed by atoms with Crippen LogP contribution in [0.3, 0.4) is 0 Å². The summed E-state index contributed by atoms with van der Waals surface area (Å²) in [5.41, 5.74) is 8.49. The molecule has 1 unspecified atom stereocenters. The lowest BCUT2D eigenvalue weighted by molar-refractivity contribution is 0.0481. The number of pyridine rings is 1. The first-order valence-corrected chi connectivity index (χ1v) is 7.58. The lowest BCUT2D eigenvalue weighted by atomic mass is 9.98. The Labute approximate surface area is 125 Å². The first-order chi connectivity index (χ1) is 9.96. The van der Waals surface area contributed by atoms with Crippen LogP contribution in [0.25, 0.3) is 10.8 Å². The van der Waals surface area contributed by atoms with Gasteiger partial charge in [-0.05, 0) is 51.3 Å². The molecule has 0 amide bonds. The third-order valence-electron chi connectivity index (χ3n) is 4.45. The van der Waals surface area contributed by atoms with Crippen LogP contribution < -0.4 is 10.6 Å². The molecule has 3 rings (SSSR count). The zero-order chi connectivity index (χ0) is 15.0. The summed E-state index contributed by atoms with van der Waals surface area (Å²) in [6.07, 6.45) is 4.51. The molecule has 3 N–H and O–H groups in total. The molecule has 21 heavy (non-hydrogen) atoms. The molecule has 1 atom stereocenters. The number of aryl methyl sites for hydroxylation is 1. The number of hydrogen-bond acceptors (Lipinski definition) is 4. The molecule has 2 heterocycles. The van der Waals surface area contributed by atoms with Crippen molar-refractivity contribution in [1.29, 1.82) is 0 Å². The molecule has 1 aromatic carbocycles. The maximum Gasteiger partial charge on any atom is 0.0637 e. The van der Waals surface area contributed by atoms with Gasteiger partial charge in [-0.3, -0.25) is 4.98 Å². The van der Waals surface area contributed by atoms with Crippen molar-refractivity contribution in [2.24, 2.45) is 0 Å². The first kappa shape index (κ1) is 14.1. The van der Waals surface area contributed by atoms with Crippen LogP contribution in [-0.2, 0) is 0 Å². The molecule has 0 saturated carbocycles. The largest absolute Gasteiger partial charge is 0.398 e. The van der Waals surface area contributed by atoms with Crippen molar-refractivity contribution in [2.75, 3.05) is 23.7 Å². The van der Waals surface area contributed by atoms with Gasteiger partial charge in [-0.15, -0.1) is 0 Å². The Morgan fingerprint density at radius 1 is 1.24 bits per heavy atom. The summed E-state index contributed by atoms with van der Waals surface area (Å²) in [5, 5.41) is 12.4. The fraction of sp³-hybridized carbons (Fsp3) is 0.471. The van der Waals surface area contributed by atoms with E-state index in [1.165, 1.54) is 5.69 Å². The summed E-state index contributed by atoms with van der Waals surface area (Å²) in [6.45, 7) is 5.77. The van der Waals surface area contributed by atoms with Gasteiger partial charge in [0.05, 0.1) is 5.60 Å². The Morgan fingerprint density at radius 3 is 2.86 bits per heavy atom. The van der Waals surface area contributed by atoms with Crippen LogP contribution in [0, 0.1) is 6.92 Å². The molecule has 1 aromatic heterocycles. The van der Waals surface area contributed by atoms with Gasteiger partial charge in [0.15, 0.2) is 0 Å². The normalized spacial score (nSPS) is 23.3. The Kier molecular flexibility index (Phi) is 3.49. The van der Waals surface area contributed by atoms with Gasteiger partial charge >= 0.3 is 0 Å². The third-order valence-corrected chi connectivity index (χ3v) is 4.45. The second kappa shape index (κ2) is 5.19. The SMILES string of the molecule is Cc1cc2c(N3CCCC(C)(O)CC3)ccc(N)c2cn1. The molecular formula is C17H23N3O. The molecule has 2 aromatic rings. The van der Waals surface area contributed by atoms with Crippen molar-refractivity contribution in [1.82, 2.24) is 4.98 Å². The van der Waals surface area contributed by atoms with Crippen molar-refractivity contribution in [3.05, 3.63) is 30.1 Å². The third kappa shape index (κ3) is 2.81. The predicted octanol–water partition coefficient (Wildman–Crippen LogP) is 2.87. The van der Waals surface area contributed by atoms with E-state index < -0.39 is 5.60 Å². The minimum atomic E-state index is -0.546. The van der Waals surface area contributed by atoms with Gasteiger partial charge in [-0.2, -0.15) is 0 Å². The highest BCUT2D eigenvalue weighted by atomic mass is 16.3. The molecule has 0 radical (unpaired) electrons. The summed E-state index contributed by atoms with van der Waals surface area (Å²) in [4.78, 5) is 6.72. The summed E-state index contributed by atoms with van der Waals surface area (Å²) in [7, 11) is 0.